The first-order valence-electron chi connectivity index (χ1n) is 4.79. The summed E-state index contributed by atoms with van der Waals surface area (Å²) in [5, 5.41) is 0. The molecule has 0 heterocycles. The zero-order chi connectivity index (χ0) is 12.1. The lowest BCUT2D eigenvalue weighted by molar-refractivity contribution is 0.0169. The van der Waals surface area contributed by atoms with Gasteiger partial charge in [0.1, 0.15) is 12.4 Å². The van der Waals surface area contributed by atoms with Crippen LogP contribution in [0.1, 0.15) is 17.3 Å². The van der Waals surface area contributed by atoms with E-state index in [0.29, 0.717) is 0 Å². The number of hydrogen-bond acceptors (Lipinski definition) is 4. The Morgan fingerprint density at radius 1 is 1.56 bits per heavy atom. The summed E-state index contributed by atoms with van der Waals surface area (Å²) in [7, 11) is 1.52. The molecule has 0 fully saturated rings. The van der Waals surface area contributed by atoms with Crippen molar-refractivity contribution >= 4 is 11.7 Å². The van der Waals surface area contributed by atoms with Gasteiger partial charge in [-0.05, 0) is 25.1 Å². The first kappa shape index (κ1) is 12.4. The topological polar surface area (TPSA) is 61.5 Å². The summed E-state index contributed by atoms with van der Waals surface area (Å²) >= 11 is 0. The van der Waals surface area contributed by atoms with Crippen LogP contribution in [0.4, 0.5) is 10.1 Å². The van der Waals surface area contributed by atoms with Crippen LogP contribution in [0, 0.1) is 5.82 Å². The lowest BCUT2D eigenvalue weighted by atomic mass is 10.2. The largest absolute Gasteiger partial charge is 0.459 e. The van der Waals surface area contributed by atoms with Gasteiger partial charge in [0.25, 0.3) is 0 Å². The predicted molar refractivity (Wildman–Crippen MR) is 57.6 cm³/mol. The molecule has 1 atom stereocenters. The minimum absolute atomic E-state index is 0.00168. The molecule has 1 unspecified atom stereocenters. The molecule has 0 radical (unpaired) electrons. The van der Waals surface area contributed by atoms with Crippen molar-refractivity contribution in [1.29, 1.82) is 0 Å². The van der Waals surface area contributed by atoms with Gasteiger partial charge < -0.3 is 15.2 Å². The Bertz CT molecular complexity index is 381. The average Bonchev–Trinajstić information content (AvgIpc) is 2.29. The molecule has 0 amide bonds. The average molecular weight is 227 g/mol. The standard InChI is InChI=1S/C11H14FNO3/c1-7(15-2)6-16-11(14)8-3-4-10(13)9(12)5-8/h3-5,7H,6,13H2,1-2H3. The van der Waals surface area contributed by atoms with Crippen molar-refractivity contribution in [2.75, 3.05) is 19.5 Å². The minimum Gasteiger partial charge on any atom is -0.459 e. The van der Waals surface area contributed by atoms with Crippen molar-refractivity contribution in [3.8, 4) is 0 Å². The highest BCUT2D eigenvalue weighted by molar-refractivity contribution is 5.89. The molecule has 5 heteroatoms. The molecule has 4 nitrogen and oxygen atoms in total. The van der Waals surface area contributed by atoms with Crippen LogP contribution in [0.25, 0.3) is 0 Å². The molecule has 16 heavy (non-hydrogen) atoms. The number of rotatable bonds is 4. The Balaban J connectivity index is 2.63. The molecule has 1 rings (SSSR count). The molecule has 0 aliphatic carbocycles. The van der Waals surface area contributed by atoms with E-state index >= 15 is 0 Å². The van der Waals surface area contributed by atoms with E-state index in [0.717, 1.165) is 6.07 Å². The van der Waals surface area contributed by atoms with Gasteiger partial charge in [-0.3, -0.25) is 0 Å². The van der Waals surface area contributed by atoms with Gasteiger partial charge in [-0.2, -0.15) is 0 Å². The fourth-order valence-corrected chi connectivity index (χ4v) is 0.999. The van der Waals surface area contributed by atoms with Gasteiger partial charge in [-0.1, -0.05) is 0 Å². The van der Waals surface area contributed by atoms with E-state index in [9.17, 15) is 9.18 Å². The fourth-order valence-electron chi connectivity index (χ4n) is 0.999. The van der Waals surface area contributed by atoms with Gasteiger partial charge in [-0.25, -0.2) is 9.18 Å². The smallest absolute Gasteiger partial charge is 0.338 e. The first-order valence-corrected chi connectivity index (χ1v) is 4.79. The van der Waals surface area contributed by atoms with Crippen molar-refractivity contribution < 1.29 is 18.7 Å². The fraction of sp³-hybridized carbons (Fsp3) is 0.364. The van der Waals surface area contributed by atoms with Crippen LogP contribution >= 0.6 is 0 Å². The molecule has 1 aromatic carbocycles. The lowest BCUT2D eigenvalue weighted by Gasteiger charge is -2.10. The molecular formula is C11H14FNO3. The lowest BCUT2D eigenvalue weighted by Crippen LogP contribution is -2.17. The molecule has 0 bridgehead atoms. The molecule has 0 aliphatic rings. The Morgan fingerprint density at radius 2 is 2.25 bits per heavy atom. The highest BCUT2D eigenvalue weighted by Crippen LogP contribution is 2.12. The summed E-state index contributed by atoms with van der Waals surface area (Å²) in [5.41, 5.74) is 5.42. The summed E-state index contributed by atoms with van der Waals surface area (Å²) in [6.45, 7) is 1.89. The monoisotopic (exact) mass is 227 g/mol. The SMILES string of the molecule is COC(C)COC(=O)c1ccc(N)c(F)c1. The Morgan fingerprint density at radius 3 is 2.81 bits per heavy atom. The molecule has 0 saturated carbocycles. The second-order valence-electron chi connectivity index (χ2n) is 3.38. The number of ether oxygens (including phenoxy) is 2. The number of anilines is 1. The molecule has 0 spiro atoms. The van der Waals surface area contributed by atoms with Gasteiger partial charge in [0.05, 0.1) is 17.4 Å². The first-order chi connectivity index (χ1) is 7.54. The highest BCUT2D eigenvalue weighted by atomic mass is 19.1. The number of nitrogens with two attached hydrogens (primary N) is 1. The van der Waals surface area contributed by atoms with E-state index in [1.807, 2.05) is 0 Å². The van der Waals surface area contributed by atoms with E-state index in [1.54, 1.807) is 6.92 Å². The van der Waals surface area contributed by atoms with Crippen molar-refractivity contribution in [1.82, 2.24) is 0 Å². The zero-order valence-corrected chi connectivity index (χ0v) is 9.20. The van der Waals surface area contributed by atoms with Crippen LogP contribution in [-0.2, 0) is 9.47 Å². The number of methoxy groups -OCH3 is 1. The summed E-state index contributed by atoms with van der Waals surface area (Å²) in [6.07, 6.45) is -0.192. The molecule has 88 valence electrons. The van der Waals surface area contributed by atoms with Crippen LogP contribution in [0.3, 0.4) is 0 Å². The van der Waals surface area contributed by atoms with Crippen molar-refractivity contribution in [2.24, 2.45) is 0 Å². The van der Waals surface area contributed by atoms with Crippen molar-refractivity contribution in [3.63, 3.8) is 0 Å². The molecule has 1 aromatic rings. The van der Waals surface area contributed by atoms with E-state index in [2.05, 4.69) is 0 Å². The number of hydrogen-bond donors (Lipinski definition) is 1. The Labute approximate surface area is 93.2 Å². The minimum atomic E-state index is -0.630. The van der Waals surface area contributed by atoms with E-state index < -0.39 is 11.8 Å². The molecule has 0 aliphatic heterocycles. The van der Waals surface area contributed by atoms with Crippen LogP contribution < -0.4 is 5.73 Å². The van der Waals surface area contributed by atoms with Crippen LogP contribution in [0.2, 0.25) is 0 Å². The second-order valence-corrected chi connectivity index (χ2v) is 3.38. The number of carbonyl (C=O) groups excluding carboxylic acids is 1. The van der Waals surface area contributed by atoms with Crippen molar-refractivity contribution in [2.45, 2.75) is 13.0 Å². The Kier molecular flexibility index (Phi) is 4.25. The van der Waals surface area contributed by atoms with Gasteiger partial charge in [0, 0.05) is 7.11 Å². The number of nitrogen functional groups attached to an aromatic ring is 1. The maximum Gasteiger partial charge on any atom is 0.338 e. The summed E-state index contributed by atoms with van der Waals surface area (Å²) < 4.78 is 22.9. The van der Waals surface area contributed by atoms with Gasteiger partial charge >= 0.3 is 5.97 Å². The normalized spacial score (nSPS) is 12.2. The third-order valence-corrected chi connectivity index (χ3v) is 2.09. The van der Waals surface area contributed by atoms with Crippen LogP contribution in [-0.4, -0.2) is 25.8 Å². The number of esters is 1. The van der Waals surface area contributed by atoms with Gasteiger partial charge in [0.15, 0.2) is 0 Å². The quantitative estimate of drug-likeness (QED) is 0.627. The van der Waals surface area contributed by atoms with E-state index in [4.69, 9.17) is 15.2 Å². The number of carbonyl (C=O) groups is 1. The predicted octanol–water partition coefficient (Wildman–Crippen LogP) is 1.60. The molecule has 0 aromatic heterocycles. The summed E-state index contributed by atoms with van der Waals surface area (Å²) in [5.74, 6) is -1.22. The van der Waals surface area contributed by atoms with Crippen LogP contribution in [0.15, 0.2) is 18.2 Å². The number of benzene rings is 1. The zero-order valence-electron chi connectivity index (χ0n) is 9.20. The number of halogens is 1. The van der Waals surface area contributed by atoms with Crippen molar-refractivity contribution in [3.05, 3.63) is 29.6 Å². The third-order valence-electron chi connectivity index (χ3n) is 2.09. The van der Waals surface area contributed by atoms with Gasteiger partial charge in [-0.15, -0.1) is 0 Å². The molecule has 2 N–H and O–H groups in total. The summed E-state index contributed by atoms with van der Waals surface area (Å²) in [6, 6.07) is 3.79. The van der Waals surface area contributed by atoms with Gasteiger partial charge in [0.2, 0.25) is 0 Å². The molecular weight excluding hydrogens is 213 g/mol. The molecule has 0 saturated heterocycles. The second kappa shape index (κ2) is 5.46. The third kappa shape index (κ3) is 3.20. The Hall–Kier alpha value is -1.62. The van der Waals surface area contributed by atoms with E-state index in [-0.39, 0.29) is 24.0 Å². The summed E-state index contributed by atoms with van der Waals surface area (Å²) in [4.78, 5) is 11.4. The van der Waals surface area contributed by atoms with E-state index in [1.165, 1.54) is 19.2 Å². The highest BCUT2D eigenvalue weighted by Gasteiger charge is 2.11. The maximum atomic E-state index is 13.0. The maximum absolute atomic E-state index is 13.0. The van der Waals surface area contributed by atoms with Crippen LogP contribution in [0.5, 0.6) is 0 Å².